The van der Waals surface area contributed by atoms with Crippen LogP contribution in [-0.4, -0.2) is 40.6 Å². The van der Waals surface area contributed by atoms with Crippen molar-refractivity contribution in [2.24, 2.45) is 7.05 Å². The van der Waals surface area contributed by atoms with Crippen LogP contribution in [0.4, 0.5) is 5.69 Å². The first-order chi connectivity index (χ1) is 12.4. The number of nitrogens with zero attached hydrogens (tertiary/aromatic N) is 2. The van der Waals surface area contributed by atoms with Crippen LogP contribution in [0.25, 0.3) is 0 Å². The van der Waals surface area contributed by atoms with Crippen LogP contribution in [0, 0.1) is 0 Å². The lowest BCUT2D eigenvalue weighted by Gasteiger charge is -2.19. The Morgan fingerprint density at radius 1 is 1.19 bits per heavy atom. The van der Waals surface area contributed by atoms with E-state index < -0.39 is 0 Å². The molecule has 0 saturated carbocycles. The molecule has 1 aromatic carbocycles. The van der Waals surface area contributed by atoms with Gasteiger partial charge >= 0.3 is 0 Å². The SMILES string of the molecule is CCN(CC)C(=O)c1cc(NC(=O)c2ccccc2SC)c(=O)n(C)c1. The topological polar surface area (TPSA) is 71.4 Å². The molecule has 26 heavy (non-hydrogen) atoms. The van der Waals surface area contributed by atoms with E-state index >= 15 is 0 Å². The molecule has 1 N–H and O–H groups in total. The van der Waals surface area contributed by atoms with Crippen LogP contribution < -0.4 is 10.9 Å². The number of hydrogen-bond donors (Lipinski definition) is 1. The lowest BCUT2D eigenvalue weighted by Crippen LogP contribution is -2.32. The average Bonchev–Trinajstić information content (AvgIpc) is 2.65. The molecule has 0 bridgehead atoms. The predicted molar refractivity (Wildman–Crippen MR) is 105 cm³/mol. The lowest BCUT2D eigenvalue weighted by atomic mass is 10.2. The summed E-state index contributed by atoms with van der Waals surface area (Å²) >= 11 is 1.45. The van der Waals surface area contributed by atoms with Crippen molar-refractivity contribution in [1.29, 1.82) is 0 Å². The minimum absolute atomic E-state index is 0.0893. The summed E-state index contributed by atoms with van der Waals surface area (Å²) in [7, 11) is 1.56. The Hall–Kier alpha value is -2.54. The second kappa shape index (κ2) is 8.71. The normalized spacial score (nSPS) is 10.5. The Labute approximate surface area is 157 Å². The number of benzene rings is 1. The van der Waals surface area contributed by atoms with E-state index in [0.717, 1.165) is 4.90 Å². The van der Waals surface area contributed by atoms with Crippen molar-refractivity contribution >= 4 is 29.3 Å². The minimum atomic E-state index is -0.375. The number of carbonyl (C=O) groups is 2. The molecular formula is C19H23N3O3S. The molecular weight excluding hydrogens is 350 g/mol. The van der Waals surface area contributed by atoms with Gasteiger partial charge in [-0.2, -0.15) is 0 Å². The third-order valence-corrected chi connectivity index (χ3v) is 4.88. The zero-order valence-electron chi connectivity index (χ0n) is 15.4. The third-order valence-electron chi connectivity index (χ3n) is 4.08. The number of aromatic nitrogens is 1. The highest BCUT2D eigenvalue weighted by Crippen LogP contribution is 2.20. The van der Waals surface area contributed by atoms with Crippen molar-refractivity contribution < 1.29 is 9.59 Å². The van der Waals surface area contributed by atoms with Gasteiger partial charge in [-0.3, -0.25) is 14.4 Å². The van der Waals surface area contributed by atoms with Crippen molar-refractivity contribution in [2.45, 2.75) is 18.7 Å². The molecule has 138 valence electrons. The molecule has 0 unspecified atom stereocenters. The summed E-state index contributed by atoms with van der Waals surface area (Å²) in [5.41, 5.74) is 0.578. The van der Waals surface area contributed by atoms with Gasteiger partial charge in [0, 0.05) is 31.2 Å². The molecule has 1 heterocycles. The number of aryl methyl sites for hydroxylation is 1. The van der Waals surface area contributed by atoms with E-state index in [1.54, 1.807) is 24.1 Å². The monoisotopic (exact) mass is 373 g/mol. The smallest absolute Gasteiger partial charge is 0.274 e. The van der Waals surface area contributed by atoms with E-state index in [-0.39, 0.29) is 23.1 Å². The molecule has 0 aliphatic carbocycles. The molecule has 0 saturated heterocycles. The second-order valence-electron chi connectivity index (χ2n) is 5.69. The van der Waals surface area contributed by atoms with Gasteiger partial charge in [0.15, 0.2) is 0 Å². The number of amides is 2. The number of rotatable bonds is 6. The molecule has 0 spiro atoms. The Morgan fingerprint density at radius 3 is 2.46 bits per heavy atom. The molecule has 2 aromatic rings. The van der Waals surface area contributed by atoms with Gasteiger partial charge in [-0.1, -0.05) is 12.1 Å². The van der Waals surface area contributed by atoms with Gasteiger partial charge in [-0.25, -0.2) is 0 Å². The van der Waals surface area contributed by atoms with Crippen molar-refractivity contribution in [3.63, 3.8) is 0 Å². The fourth-order valence-electron chi connectivity index (χ4n) is 2.63. The van der Waals surface area contributed by atoms with E-state index in [4.69, 9.17) is 0 Å². The van der Waals surface area contributed by atoms with Crippen molar-refractivity contribution in [3.8, 4) is 0 Å². The van der Waals surface area contributed by atoms with Crippen LogP contribution in [0.5, 0.6) is 0 Å². The summed E-state index contributed by atoms with van der Waals surface area (Å²) < 4.78 is 1.31. The molecule has 2 amide bonds. The number of hydrogen-bond acceptors (Lipinski definition) is 4. The summed E-state index contributed by atoms with van der Waals surface area (Å²) in [4.78, 5) is 40.1. The van der Waals surface area contributed by atoms with Crippen LogP contribution in [0.15, 0.2) is 46.2 Å². The van der Waals surface area contributed by atoms with E-state index in [1.165, 1.54) is 28.6 Å². The quantitative estimate of drug-likeness (QED) is 0.791. The van der Waals surface area contributed by atoms with Gasteiger partial charge in [-0.05, 0) is 38.3 Å². The van der Waals surface area contributed by atoms with Crippen molar-refractivity contribution in [3.05, 3.63) is 58.0 Å². The highest BCUT2D eigenvalue weighted by molar-refractivity contribution is 7.98. The summed E-state index contributed by atoms with van der Waals surface area (Å²) in [6.07, 6.45) is 3.38. The Morgan fingerprint density at radius 2 is 1.85 bits per heavy atom. The van der Waals surface area contributed by atoms with Gasteiger partial charge in [-0.15, -0.1) is 11.8 Å². The van der Waals surface area contributed by atoms with Crippen LogP contribution in [-0.2, 0) is 7.05 Å². The van der Waals surface area contributed by atoms with Gasteiger partial charge < -0.3 is 14.8 Å². The number of carbonyl (C=O) groups excluding carboxylic acids is 2. The number of anilines is 1. The molecule has 0 atom stereocenters. The van der Waals surface area contributed by atoms with E-state index in [1.807, 2.05) is 32.2 Å². The Balaban J connectivity index is 2.39. The fraction of sp³-hybridized carbons (Fsp3) is 0.316. The van der Waals surface area contributed by atoms with E-state index in [0.29, 0.717) is 24.2 Å². The summed E-state index contributed by atoms with van der Waals surface area (Å²) in [5.74, 6) is -0.551. The Kier molecular flexibility index (Phi) is 6.63. The molecule has 0 radical (unpaired) electrons. The first-order valence-electron chi connectivity index (χ1n) is 8.37. The lowest BCUT2D eigenvalue weighted by molar-refractivity contribution is 0.0771. The maximum absolute atomic E-state index is 12.6. The van der Waals surface area contributed by atoms with Crippen LogP contribution in [0.2, 0.25) is 0 Å². The number of nitrogens with one attached hydrogen (secondary N) is 1. The third kappa shape index (κ3) is 4.16. The summed E-state index contributed by atoms with van der Waals surface area (Å²) in [5, 5.41) is 2.66. The fourth-order valence-corrected chi connectivity index (χ4v) is 3.23. The van der Waals surface area contributed by atoms with Gasteiger partial charge in [0.25, 0.3) is 17.4 Å². The van der Waals surface area contributed by atoms with Gasteiger partial charge in [0.1, 0.15) is 5.69 Å². The highest BCUT2D eigenvalue weighted by atomic mass is 32.2. The maximum atomic E-state index is 12.6. The maximum Gasteiger partial charge on any atom is 0.274 e. The largest absolute Gasteiger partial charge is 0.339 e. The average molecular weight is 373 g/mol. The first kappa shape index (κ1) is 19.8. The van der Waals surface area contributed by atoms with Gasteiger partial charge in [0.2, 0.25) is 0 Å². The predicted octanol–water partition coefficient (Wildman–Crippen LogP) is 2.84. The molecule has 0 fully saturated rings. The molecule has 0 aliphatic heterocycles. The molecule has 1 aromatic heterocycles. The van der Waals surface area contributed by atoms with Crippen LogP contribution in [0.1, 0.15) is 34.6 Å². The van der Waals surface area contributed by atoms with Crippen molar-refractivity contribution in [2.75, 3.05) is 24.7 Å². The zero-order chi connectivity index (χ0) is 19.3. The molecule has 7 heteroatoms. The number of pyridine rings is 1. The minimum Gasteiger partial charge on any atom is -0.339 e. The second-order valence-corrected chi connectivity index (χ2v) is 6.54. The summed E-state index contributed by atoms with van der Waals surface area (Å²) in [6, 6.07) is 8.62. The standard InChI is InChI=1S/C19H23N3O3S/c1-5-22(6-2)18(24)13-11-15(19(25)21(3)12-13)20-17(23)14-9-7-8-10-16(14)26-4/h7-12H,5-6H2,1-4H3,(H,20,23). The van der Waals surface area contributed by atoms with Crippen molar-refractivity contribution in [1.82, 2.24) is 9.47 Å². The number of thioether (sulfide) groups is 1. The summed E-state index contributed by atoms with van der Waals surface area (Å²) in [6.45, 7) is 4.93. The molecule has 6 nitrogen and oxygen atoms in total. The molecule has 2 rings (SSSR count). The van der Waals surface area contributed by atoms with Gasteiger partial charge in [0.05, 0.1) is 11.1 Å². The van der Waals surface area contributed by atoms with Crippen LogP contribution in [0.3, 0.4) is 0 Å². The van der Waals surface area contributed by atoms with Crippen LogP contribution >= 0.6 is 11.8 Å². The van der Waals surface area contributed by atoms with E-state index in [9.17, 15) is 14.4 Å². The molecule has 0 aliphatic rings. The Bertz CT molecular complexity index is 873. The van der Waals surface area contributed by atoms with E-state index in [2.05, 4.69) is 5.32 Å². The zero-order valence-corrected chi connectivity index (χ0v) is 16.2. The first-order valence-corrected chi connectivity index (χ1v) is 9.59. The highest BCUT2D eigenvalue weighted by Gasteiger charge is 2.18.